The molecule has 0 bridgehead atoms. The van der Waals surface area contributed by atoms with Crippen LogP contribution >= 0.6 is 0 Å². The van der Waals surface area contributed by atoms with E-state index in [0.717, 1.165) is 0 Å². The number of halogens is 1. The molecule has 1 saturated heterocycles. The van der Waals surface area contributed by atoms with Crippen molar-refractivity contribution in [3.63, 3.8) is 0 Å². The van der Waals surface area contributed by atoms with Gasteiger partial charge >= 0.3 is 12.8 Å². The highest BCUT2D eigenvalue weighted by atomic mass is 19.1. The third-order valence-corrected chi connectivity index (χ3v) is 5.39. The molecule has 0 radical (unpaired) electrons. The van der Waals surface area contributed by atoms with E-state index >= 15 is 0 Å². The first-order valence-corrected chi connectivity index (χ1v) is 9.00. The van der Waals surface area contributed by atoms with E-state index in [1.54, 1.807) is 18.3 Å². The molecule has 1 aromatic carbocycles. The van der Waals surface area contributed by atoms with Crippen LogP contribution in [-0.4, -0.2) is 27.9 Å². The number of aromatic nitrogens is 2. The summed E-state index contributed by atoms with van der Waals surface area (Å²) in [6.07, 6.45) is 2.05. The van der Waals surface area contributed by atoms with Gasteiger partial charge in [0.2, 0.25) is 0 Å². The second-order valence-corrected chi connectivity index (χ2v) is 7.84. The number of nitrogens with zero attached hydrogens (tertiary/aromatic N) is 1. The van der Waals surface area contributed by atoms with Crippen LogP contribution < -0.4 is 16.7 Å². The Labute approximate surface area is 157 Å². The summed E-state index contributed by atoms with van der Waals surface area (Å²) < 4.78 is 27.7. The van der Waals surface area contributed by atoms with E-state index in [1.165, 1.54) is 10.6 Å². The molecule has 0 aliphatic carbocycles. The zero-order valence-corrected chi connectivity index (χ0v) is 16.3. The lowest BCUT2D eigenvalue weighted by molar-refractivity contribution is 0.00578. The highest BCUT2D eigenvalue weighted by molar-refractivity contribution is 6.62. The summed E-state index contributed by atoms with van der Waals surface area (Å²) in [4.78, 5) is 26.1. The topological polar surface area (TPSA) is 73.3 Å². The maximum Gasteiger partial charge on any atom is 0.497 e. The summed E-state index contributed by atoms with van der Waals surface area (Å²) in [6, 6.07) is 4.58. The molecule has 1 fully saturated rings. The number of aromatic amines is 1. The maximum atomic E-state index is 14.4. The lowest BCUT2D eigenvalue weighted by Crippen LogP contribution is -2.41. The van der Waals surface area contributed by atoms with Crippen LogP contribution in [0.2, 0.25) is 0 Å². The second kappa shape index (κ2) is 6.76. The van der Waals surface area contributed by atoms with Gasteiger partial charge in [-0.15, -0.1) is 0 Å². The van der Waals surface area contributed by atoms with Crippen molar-refractivity contribution in [2.75, 3.05) is 0 Å². The third kappa shape index (κ3) is 3.64. The quantitative estimate of drug-likeness (QED) is 0.825. The molecule has 6 nitrogen and oxygen atoms in total. The van der Waals surface area contributed by atoms with E-state index in [2.05, 4.69) is 4.98 Å². The minimum Gasteiger partial charge on any atom is -0.399 e. The average molecular weight is 374 g/mol. The van der Waals surface area contributed by atoms with Crippen molar-refractivity contribution in [3.8, 4) is 0 Å². The van der Waals surface area contributed by atoms with Crippen molar-refractivity contribution in [3.05, 3.63) is 62.2 Å². The lowest BCUT2D eigenvalue weighted by atomic mass is 9.78. The van der Waals surface area contributed by atoms with Crippen molar-refractivity contribution in [1.82, 2.24) is 9.55 Å². The van der Waals surface area contributed by atoms with Crippen LogP contribution in [0.5, 0.6) is 0 Å². The maximum absolute atomic E-state index is 14.4. The minimum atomic E-state index is -0.826. The Kier molecular flexibility index (Phi) is 4.90. The van der Waals surface area contributed by atoms with Gasteiger partial charge in [-0.25, -0.2) is 9.18 Å². The first-order chi connectivity index (χ1) is 12.5. The van der Waals surface area contributed by atoms with Gasteiger partial charge < -0.3 is 9.31 Å². The molecule has 0 spiro atoms. The third-order valence-electron chi connectivity index (χ3n) is 5.39. The van der Waals surface area contributed by atoms with Gasteiger partial charge in [0, 0.05) is 17.2 Å². The van der Waals surface area contributed by atoms with Gasteiger partial charge in [0.1, 0.15) is 5.82 Å². The Morgan fingerprint density at radius 3 is 2.37 bits per heavy atom. The molecular weight excluding hydrogens is 350 g/mol. The van der Waals surface area contributed by atoms with Gasteiger partial charge in [0.05, 0.1) is 17.7 Å². The van der Waals surface area contributed by atoms with Crippen LogP contribution in [0.4, 0.5) is 4.39 Å². The van der Waals surface area contributed by atoms with Gasteiger partial charge in [-0.1, -0.05) is 19.1 Å². The summed E-state index contributed by atoms with van der Waals surface area (Å²) in [5, 5.41) is 0. The zero-order chi connectivity index (χ0) is 20.0. The van der Waals surface area contributed by atoms with E-state index in [4.69, 9.17) is 9.31 Å². The van der Waals surface area contributed by atoms with Gasteiger partial charge in [-0.2, -0.15) is 0 Å². The van der Waals surface area contributed by atoms with Gasteiger partial charge in [0.25, 0.3) is 5.56 Å². The molecule has 0 unspecified atom stereocenters. The standard InChI is InChI=1S/C19H24BFN2O4/c1-6-13-11-23(17(25)22-16(13)24)10-12-7-8-15(21)14(9-12)20-26-18(2,3)19(4,5)27-20/h7-9,11H,6,10H2,1-5H3,(H,22,24,25). The summed E-state index contributed by atoms with van der Waals surface area (Å²) >= 11 is 0. The van der Waals surface area contributed by atoms with E-state index in [-0.39, 0.29) is 12.1 Å². The number of H-pyrrole nitrogens is 1. The smallest absolute Gasteiger partial charge is 0.399 e. The molecule has 2 heterocycles. The van der Waals surface area contributed by atoms with E-state index < -0.39 is 29.8 Å². The van der Waals surface area contributed by atoms with Gasteiger partial charge in [0.15, 0.2) is 0 Å². The summed E-state index contributed by atoms with van der Waals surface area (Å²) in [6.45, 7) is 9.66. The molecule has 0 atom stereocenters. The number of hydrogen-bond acceptors (Lipinski definition) is 4. The highest BCUT2D eigenvalue weighted by Crippen LogP contribution is 2.36. The van der Waals surface area contributed by atoms with Crippen LogP contribution in [0.15, 0.2) is 34.0 Å². The van der Waals surface area contributed by atoms with E-state index in [1.807, 2.05) is 34.6 Å². The molecule has 0 amide bonds. The molecule has 1 aliphatic heterocycles. The van der Waals surface area contributed by atoms with Crippen molar-refractivity contribution >= 4 is 12.6 Å². The van der Waals surface area contributed by atoms with Crippen LogP contribution in [0.1, 0.15) is 45.7 Å². The van der Waals surface area contributed by atoms with Crippen LogP contribution in [0.3, 0.4) is 0 Å². The first kappa shape index (κ1) is 19.6. The normalized spacial score (nSPS) is 18.1. The van der Waals surface area contributed by atoms with Crippen molar-refractivity contribution in [2.24, 2.45) is 0 Å². The average Bonchev–Trinajstić information content (AvgIpc) is 2.79. The van der Waals surface area contributed by atoms with Crippen molar-refractivity contribution < 1.29 is 13.7 Å². The number of aryl methyl sites for hydroxylation is 1. The molecule has 3 rings (SSSR count). The second-order valence-electron chi connectivity index (χ2n) is 7.84. The van der Waals surface area contributed by atoms with Crippen molar-refractivity contribution in [2.45, 2.75) is 58.8 Å². The van der Waals surface area contributed by atoms with Crippen LogP contribution in [0.25, 0.3) is 0 Å². The number of nitrogens with one attached hydrogen (secondary N) is 1. The monoisotopic (exact) mass is 374 g/mol. The SMILES string of the molecule is CCc1cn(Cc2ccc(F)c(B3OC(C)(C)C(C)(C)O3)c2)c(=O)[nH]c1=O. The Bertz CT molecular complexity index is 964. The molecular formula is C19H24BFN2O4. The molecule has 1 aliphatic rings. The van der Waals surface area contributed by atoms with Gasteiger partial charge in [-0.05, 0) is 45.7 Å². The molecule has 1 aromatic heterocycles. The Balaban J connectivity index is 1.94. The molecule has 8 heteroatoms. The first-order valence-electron chi connectivity index (χ1n) is 9.00. The molecule has 27 heavy (non-hydrogen) atoms. The predicted molar refractivity (Wildman–Crippen MR) is 102 cm³/mol. The lowest BCUT2D eigenvalue weighted by Gasteiger charge is -2.32. The number of benzene rings is 1. The molecule has 144 valence electrons. The summed E-state index contributed by atoms with van der Waals surface area (Å²) in [5.74, 6) is -0.430. The minimum absolute atomic E-state index is 0.204. The van der Waals surface area contributed by atoms with Crippen molar-refractivity contribution in [1.29, 1.82) is 0 Å². The Hall–Kier alpha value is -2.19. The Morgan fingerprint density at radius 2 is 1.78 bits per heavy atom. The largest absolute Gasteiger partial charge is 0.497 e. The van der Waals surface area contributed by atoms with Gasteiger partial charge in [-0.3, -0.25) is 14.3 Å². The summed E-state index contributed by atoms with van der Waals surface area (Å²) in [7, 11) is -0.826. The number of hydrogen-bond donors (Lipinski definition) is 1. The molecule has 2 aromatic rings. The molecule has 1 N–H and O–H groups in total. The van der Waals surface area contributed by atoms with E-state index in [9.17, 15) is 14.0 Å². The fourth-order valence-electron chi connectivity index (χ4n) is 2.96. The zero-order valence-electron chi connectivity index (χ0n) is 16.3. The highest BCUT2D eigenvalue weighted by Gasteiger charge is 2.52. The molecule has 0 saturated carbocycles. The van der Waals surface area contributed by atoms with Crippen LogP contribution in [-0.2, 0) is 22.3 Å². The predicted octanol–water partition coefficient (Wildman–Crippen LogP) is 1.59. The van der Waals surface area contributed by atoms with E-state index in [0.29, 0.717) is 23.0 Å². The van der Waals surface area contributed by atoms with Crippen LogP contribution in [0, 0.1) is 5.82 Å². The number of rotatable bonds is 4. The summed E-state index contributed by atoms with van der Waals surface area (Å²) in [5.41, 5.74) is -0.521. The Morgan fingerprint density at radius 1 is 1.15 bits per heavy atom. The fourth-order valence-corrected chi connectivity index (χ4v) is 2.96. The fraction of sp³-hybridized carbons (Fsp3) is 0.474.